The SMILES string of the molecule is CCc1c(F)ccc2cc(O)cc(-c3ncc4c(N5CCC[C@@]6(C5)NC(=O)NC6=O)nc(OC[C@@]56CCCN5C[C@@]5(CC5(F)F)C6)nc4c3F)c12. The Balaban J connectivity index is 1.17. The second-order valence-electron chi connectivity index (χ2n) is 14.9. The fourth-order valence-corrected chi connectivity index (χ4v) is 9.25. The number of carbonyl (C=O) groups is 2. The monoisotopic (exact) mass is 705 g/mol. The predicted molar refractivity (Wildman–Crippen MR) is 178 cm³/mol. The fraction of sp³-hybridized carbons (Fsp3) is 0.472. The highest BCUT2D eigenvalue weighted by Gasteiger charge is 2.77. The van der Waals surface area contributed by atoms with Crippen LogP contribution in [-0.4, -0.2) is 86.7 Å². The molecule has 3 N–H and O–H groups in total. The number of aryl methyl sites for hydroxylation is 1. The molecule has 6 heterocycles. The number of phenols is 1. The van der Waals surface area contributed by atoms with Crippen molar-refractivity contribution in [2.45, 2.75) is 68.9 Å². The van der Waals surface area contributed by atoms with Crippen LogP contribution in [0.5, 0.6) is 11.8 Å². The van der Waals surface area contributed by atoms with E-state index >= 15 is 8.78 Å². The van der Waals surface area contributed by atoms with E-state index in [1.54, 1.807) is 11.8 Å². The van der Waals surface area contributed by atoms with Gasteiger partial charge < -0.3 is 20.1 Å². The van der Waals surface area contributed by atoms with E-state index in [-0.39, 0.29) is 65.7 Å². The number of amides is 3. The summed E-state index contributed by atoms with van der Waals surface area (Å²) in [6.45, 7) is 3.21. The maximum atomic E-state index is 17.0. The zero-order chi connectivity index (χ0) is 35.5. The van der Waals surface area contributed by atoms with Crippen LogP contribution in [0.2, 0.25) is 0 Å². The Hall–Kier alpha value is -4.79. The van der Waals surface area contributed by atoms with Gasteiger partial charge in [0.15, 0.2) is 5.82 Å². The smallest absolute Gasteiger partial charge is 0.322 e. The van der Waals surface area contributed by atoms with Gasteiger partial charge in [0.25, 0.3) is 11.8 Å². The maximum absolute atomic E-state index is 17.0. The number of ether oxygens (including phenoxy) is 1. The average molecular weight is 706 g/mol. The Labute approximate surface area is 289 Å². The molecule has 15 heteroatoms. The highest BCUT2D eigenvalue weighted by molar-refractivity contribution is 6.08. The molecule has 3 amide bonds. The lowest BCUT2D eigenvalue weighted by Gasteiger charge is -2.39. The minimum Gasteiger partial charge on any atom is -0.508 e. The van der Waals surface area contributed by atoms with Crippen molar-refractivity contribution < 1.29 is 37.0 Å². The average Bonchev–Trinajstić information content (AvgIpc) is 3.36. The number of halogens is 4. The zero-order valence-corrected chi connectivity index (χ0v) is 27.8. The van der Waals surface area contributed by atoms with Gasteiger partial charge in [-0.15, -0.1) is 0 Å². The van der Waals surface area contributed by atoms with Crippen LogP contribution in [-0.2, 0) is 11.2 Å². The summed E-state index contributed by atoms with van der Waals surface area (Å²) in [6, 6.07) is 4.84. The van der Waals surface area contributed by atoms with E-state index in [1.165, 1.54) is 30.5 Å². The van der Waals surface area contributed by atoms with E-state index in [2.05, 4.69) is 25.5 Å². The summed E-state index contributed by atoms with van der Waals surface area (Å²) in [6.07, 6.45) is 4.21. The van der Waals surface area contributed by atoms with E-state index in [4.69, 9.17) is 9.72 Å². The van der Waals surface area contributed by atoms with E-state index in [0.717, 1.165) is 6.42 Å². The van der Waals surface area contributed by atoms with Gasteiger partial charge in [-0.2, -0.15) is 9.97 Å². The number of piperidine rings is 1. The van der Waals surface area contributed by atoms with Crippen LogP contribution >= 0.6 is 0 Å². The van der Waals surface area contributed by atoms with Gasteiger partial charge in [-0.05, 0) is 79.6 Å². The van der Waals surface area contributed by atoms with Gasteiger partial charge in [0.2, 0.25) is 0 Å². The molecule has 2 aromatic heterocycles. The van der Waals surface area contributed by atoms with Crippen molar-refractivity contribution in [2.24, 2.45) is 5.41 Å². The number of hydrogen-bond acceptors (Lipinski definition) is 9. The Bertz CT molecular complexity index is 2190. The van der Waals surface area contributed by atoms with Gasteiger partial charge >= 0.3 is 12.0 Å². The minimum atomic E-state index is -2.72. The number of rotatable bonds is 6. The summed E-state index contributed by atoms with van der Waals surface area (Å²) in [5.41, 5.74) is -2.75. The van der Waals surface area contributed by atoms with Crippen LogP contribution in [0.4, 0.5) is 28.2 Å². The van der Waals surface area contributed by atoms with Crippen molar-refractivity contribution in [2.75, 3.05) is 37.7 Å². The van der Waals surface area contributed by atoms with E-state index in [9.17, 15) is 23.5 Å². The van der Waals surface area contributed by atoms with Crippen LogP contribution in [0.15, 0.2) is 30.5 Å². The molecular formula is C36H35F4N7O4. The van der Waals surface area contributed by atoms with Gasteiger partial charge in [-0.3, -0.25) is 20.0 Å². The molecule has 2 aromatic carbocycles. The molecule has 9 rings (SSSR count). The molecule has 0 bridgehead atoms. The van der Waals surface area contributed by atoms with E-state index in [0.29, 0.717) is 61.7 Å². The lowest BCUT2D eigenvalue weighted by molar-refractivity contribution is -0.124. The molecule has 5 fully saturated rings. The van der Waals surface area contributed by atoms with Crippen LogP contribution in [0.1, 0.15) is 51.0 Å². The number of aromatic hydroxyl groups is 1. The number of anilines is 1. The summed E-state index contributed by atoms with van der Waals surface area (Å²) in [5, 5.41) is 16.8. The largest absolute Gasteiger partial charge is 0.508 e. The number of urea groups is 1. The van der Waals surface area contributed by atoms with Crippen LogP contribution < -0.4 is 20.3 Å². The highest BCUT2D eigenvalue weighted by atomic mass is 19.3. The number of nitrogens with one attached hydrogen (secondary N) is 2. The highest BCUT2D eigenvalue weighted by Crippen LogP contribution is 2.69. The number of nitrogens with zero attached hydrogens (tertiary/aromatic N) is 5. The quantitative estimate of drug-likeness (QED) is 0.183. The molecule has 4 aliphatic heterocycles. The van der Waals surface area contributed by atoms with Crippen molar-refractivity contribution in [3.8, 4) is 23.0 Å². The van der Waals surface area contributed by atoms with Gasteiger partial charge in [0, 0.05) is 31.3 Å². The Morgan fingerprint density at radius 1 is 1.04 bits per heavy atom. The van der Waals surface area contributed by atoms with Crippen LogP contribution in [0.25, 0.3) is 32.9 Å². The first kappa shape index (κ1) is 32.1. The normalized spacial score (nSPS) is 28.2. The van der Waals surface area contributed by atoms with Crippen molar-refractivity contribution in [3.05, 3.63) is 47.7 Å². The van der Waals surface area contributed by atoms with E-state index in [1.807, 2.05) is 0 Å². The molecule has 4 aromatic rings. The number of pyridine rings is 1. The predicted octanol–water partition coefficient (Wildman–Crippen LogP) is 5.21. The zero-order valence-electron chi connectivity index (χ0n) is 27.8. The minimum absolute atomic E-state index is 0.0219. The molecule has 0 radical (unpaired) electrons. The topological polar surface area (TPSA) is 133 Å². The van der Waals surface area contributed by atoms with Crippen LogP contribution in [0, 0.1) is 17.0 Å². The Kier molecular flexibility index (Phi) is 6.84. The third kappa shape index (κ3) is 4.76. The van der Waals surface area contributed by atoms with Gasteiger partial charge in [-0.25, -0.2) is 22.4 Å². The molecule has 1 saturated carbocycles. The summed E-state index contributed by atoms with van der Waals surface area (Å²) in [5.74, 6) is -4.47. The summed E-state index contributed by atoms with van der Waals surface area (Å²) in [7, 11) is 0. The molecule has 51 heavy (non-hydrogen) atoms. The number of imide groups is 1. The number of carbonyl (C=O) groups excluding carboxylic acids is 2. The first-order chi connectivity index (χ1) is 24.4. The molecular weight excluding hydrogens is 670 g/mol. The molecule has 3 atom stereocenters. The summed E-state index contributed by atoms with van der Waals surface area (Å²) in [4.78, 5) is 42.6. The van der Waals surface area contributed by atoms with Gasteiger partial charge in [-0.1, -0.05) is 13.0 Å². The number of aromatic nitrogens is 3. The first-order valence-electron chi connectivity index (χ1n) is 17.3. The van der Waals surface area contributed by atoms with Crippen molar-refractivity contribution in [1.82, 2.24) is 30.5 Å². The molecule has 1 aliphatic carbocycles. The molecule has 5 aliphatic rings. The van der Waals surface area contributed by atoms with Gasteiger partial charge in [0.1, 0.15) is 40.7 Å². The van der Waals surface area contributed by atoms with Crippen molar-refractivity contribution in [3.63, 3.8) is 0 Å². The lowest BCUT2D eigenvalue weighted by atomic mass is 9.89. The van der Waals surface area contributed by atoms with E-state index < -0.39 is 46.0 Å². The molecule has 11 nitrogen and oxygen atoms in total. The van der Waals surface area contributed by atoms with Crippen molar-refractivity contribution in [1.29, 1.82) is 0 Å². The fourth-order valence-electron chi connectivity index (χ4n) is 9.25. The number of benzene rings is 2. The molecule has 4 saturated heterocycles. The second-order valence-corrected chi connectivity index (χ2v) is 14.9. The Morgan fingerprint density at radius 2 is 1.84 bits per heavy atom. The lowest BCUT2D eigenvalue weighted by Crippen LogP contribution is -2.58. The standard InChI is InChI=1S/C36H35F4N7O4/c1-2-21-24(37)6-5-19-11-20(48)12-22(25(19)21)27-26(38)28-23(13-41-27)29(46-9-4-8-35(17-46)30(49)44-31(50)45-35)43-32(42-28)51-18-34-7-3-10-47(34)16-33(14-34)15-36(33,39)40/h5-6,11-13,48H,2-4,7-10,14-18H2,1H3,(H2,44,45,49,50)/t33-,34-,35-/m0/s1. The number of alkyl halides is 2. The Morgan fingerprint density at radius 3 is 2.59 bits per heavy atom. The van der Waals surface area contributed by atoms with Crippen LogP contribution in [0.3, 0.4) is 0 Å². The molecule has 0 unspecified atom stereocenters. The third-order valence-electron chi connectivity index (χ3n) is 11.8. The number of hydrogen-bond donors (Lipinski definition) is 3. The number of fused-ring (bicyclic) bond motifs is 3. The van der Waals surface area contributed by atoms with Crippen molar-refractivity contribution >= 4 is 39.4 Å². The summed E-state index contributed by atoms with van der Waals surface area (Å²) >= 11 is 0. The first-order valence-corrected chi connectivity index (χ1v) is 17.3. The number of phenolic OH excluding ortho intramolecular Hbond substituents is 1. The third-order valence-corrected chi connectivity index (χ3v) is 11.8. The summed E-state index contributed by atoms with van der Waals surface area (Å²) < 4.78 is 67.4. The second kappa shape index (κ2) is 10.9. The molecule has 266 valence electrons. The molecule has 2 spiro atoms. The maximum Gasteiger partial charge on any atom is 0.322 e. The van der Waals surface area contributed by atoms with Gasteiger partial charge in [0.05, 0.1) is 22.9 Å².